The molecule has 2 aromatic heterocycles. The number of rotatable bonds is 5. The van der Waals surface area contributed by atoms with Crippen LogP contribution in [0.2, 0.25) is 0 Å². The van der Waals surface area contributed by atoms with E-state index in [9.17, 15) is 9.59 Å². The molecule has 0 spiro atoms. The van der Waals surface area contributed by atoms with Gasteiger partial charge in [-0.1, -0.05) is 19.9 Å². The average Bonchev–Trinajstić information content (AvgIpc) is 3.32. The fourth-order valence-electron chi connectivity index (χ4n) is 3.03. The summed E-state index contributed by atoms with van der Waals surface area (Å²) in [7, 11) is 0. The van der Waals surface area contributed by atoms with E-state index in [0.717, 1.165) is 28.0 Å². The standard InChI is InChI=1S/C21H21N3O3S2/c1-11(2)13-5-7-15-16(9-13)23-20(22-15)29-18-8-6-14(27-18)10-17-19(25)24(12(3)4)21(26)28-17/h5-12H,1-4H3,(H,22,23). The van der Waals surface area contributed by atoms with Crippen molar-refractivity contribution in [1.82, 2.24) is 14.9 Å². The lowest BCUT2D eigenvalue weighted by Gasteiger charge is -2.16. The molecule has 1 saturated heterocycles. The topological polar surface area (TPSA) is 79.2 Å². The van der Waals surface area contributed by atoms with Crippen molar-refractivity contribution in [2.75, 3.05) is 0 Å². The van der Waals surface area contributed by atoms with E-state index in [1.165, 1.54) is 22.2 Å². The highest BCUT2D eigenvalue weighted by Crippen LogP contribution is 2.35. The number of carbonyl (C=O) groups is 2. The molecule has 2 amide bonds. The van der Waals surface area contributed by atoms with Gasteiger partial charge in [-0.3, -0.25) is 14.5 Å². The second kappa shape index (κ2) is 7.76. The predicted molar refractivity (Wildman–Crippen MR) is 116 cm³/mol. The third-order valence-corrected chi connectivity index (χ3v) is 6.25. The highest BCUT2D eigenvalue weighted by molar-refractivity contribution is 8.18. The Bertz CT molecular complexity index is 1130. The summed E-state index contributed by atoms with van der Waals surface area (Å²) in [5, 5.41) is 1.14. The smallest absolute Gasteiger partial charge is 0.293 e. The largest absolute Gasteiger partial charge is 0.450 e. The molecule has 29 heavy (non-hydrogen) atoms. The van der Waals surface area contributed by atoms with Gasteiger partial charge < -0.3 is 9.40 Å². The Kier molecular flexibility index (Phi) is 5.31. The van der Waals surface area contributed by atoms with Crippen LogP contribution in [0.1, 0.15) is 44.9 Å². The molecule has 0 saturated carbocycles. The number of H-pyrrole nitrogens is 1. The van der Waals surface area contributed by atoms with E-state index in [0.29, 0.717) is 21.7 Å². The van der Waals surface area contributed by atoms with Crippen LogP contribution in [0.3, 0.4) is 0 Å². The van der Waals surface area contributed by atoms with E-state index in [4.69, 9.17) is 4.42 Å². The average molecular weight is 428 g/mol. The highest BCUT2D eigenvalue weighted by atomic mass is 32.2. The quantitative estimate of drug-likeness (QED) is 0.513. The van der Waals surface area contributed by atoms with Crippen LogP contribution in [-0.2, 0) is 4.79 Å². The number of imidazole rings is 1. The van der Waals surface area contributed by atoms with Crippen LogP contribution in [-0.4, -0.2) is 32.1 Å². The first-order chi connectivity index (χ1) is 13.8. The van der Waals surface area contributed by atoms with E-state index >= 15 is 0 Å². The molecular weight excluding hydrogens is 406 g/mol. The molecule has 1 fully saturated rings. The maximum atomic E-state index is 12.4. The molecule has 3 aromatic rings. The van der Waals surface area contributed by atoms with Crippen molar-refractivity contribution in [3.05, 3.63) is 46.6 Å². The van der Waals surface area contributed by atoms with Crippen molar-refractivity contribution in [1.29, 1.82) is 0 Å². The minimum atomic E-state index is -0.279. The van der Waals surface area contributed by atoms with Gasteiger partial charge in [0.05, 0.1) is 15.9 Å². The van der Waals surface area contributed by atoms with Crippen LogP contribution < -0.4 is 0 Å². The molecule has 8 heteroatoms. The minimum absolute atomic E-state index is 0.166. The van der Waals surface area contributed by atoms with Crippen LogP contribution in [0.25, 0.3) is 17.1 Å². The number of fused-ring (bicyclic) bond motifs is 1. The number of hydrogen-bond acceptors (Lipinski definition) is 6. The summed E-state index contributed by atoms with van der Waals surface area (Å²) in [6.45, 7) is 7.96. The Balaban J connectivity index is 1.52. The molecular formula is C21H21N3O3S2. The first kappa shape index (κ1) is 19.8. The van der Waals surface area contributed by atoms with Crippen molar-refractivity contribution in [3.63, 3.8) is 0 Å². The summed E-state index contributed by atoms with van der Waals surface area (Å²) in [5.74, 6) is 0.702. The molecule has 0 bridgehead atoms. The summed E-state index contributed by atoms with van der Waals surface area (Å²) >= 11 is 2.32. The fraction of sp³-hybridized carbons (Fsp3) is 0.286. The number of aromatic nitrogens is 2. The Labute approximate surface area is 177 Å². The summed E-state index contributed by atoms with van der Waals surface area (Å²) in [6.07, 6.45) is 1.62. The SMILES string of the molecule is CC(C)c1ccc2nc(Sc3ccc(C=C4SC(=O)N(C(C)C)C4=O)o3)[nH]c2c1. The van der Waals surface area contributed by atoms with Gasteiger partial charge in [-0.2, -0.15) is 0 Å². The van der Waals surface area contributed by atoms with Gasteiger partial charge >= 0.3 is 0 Å². The molecule has 3 heterocycles. The van der Waals surface area contributed by atoms with E-state index in [-0.39, 0.29) is 17.2 Å². The molecule has 0 atom stereocenters. The number of hydrogen-bond donors (Lipinski definition) is 1. The van der Waals surface area contributed by atoms with Crippen molar-refractivity contribution >= 4 is 51.8 Å². The highest BCUT2D eigenvalue weighted by Gasteiger charge is 2.36. The number of carbonyl (C=O) groups excluding carboxylic acids is 2. The first-order valence-electron chi connectivity index (χ1n) is 9.36. The number of thioether (sulfide) groups is 1. The van der Waals surface area contributed by atoms with Crippen LogP contribution in [0.15, 0.2) is 49.9 Å². The fourth-order valence-corrected chi connectivity index (χ4v) is 4.74. The summed E-state index contributed by atoms with van der Waals surface area (Å²) in [4.78, 5) is 33.9. The predicted octanol–water partition coefficient (Wildman–Crippen LogP) is 5.88. The molecule has 1 N–H and O–H groups in total. The van der Waals surface area contributed by atoms with Crippen LogP contribution in [0.4, 0.5) is 4.79 Å². The molecule has 4 rings (SSSR count). The summed E-state index contributed by atoms with van der Waals surface area (Å²) < 4.78 is 5.82. The summed E-state index contributed by atoms with van der Waals surface area (Å²) in [6, 6.07) is 9.68. The number of nitrogens with zero attached hydrogens (tertiary/aromatic N) is 2. The van der Waals surface area contributed by atoms with Crippen molar-refractivity contribution in [3.8, 4) is 0 Å². The van der Waals surface area contributed by atoms with Gasteiger partial charge in [0.25, 0.3) is 11.1 Å². The van der Waals surface area contributed by atoms with Crippen LogP contribution in [0, 0.1) is 0 Å². The molecule has 0 aliphatic carbocycles. The number of aromatic amines is 1. The number of amides is 2. The Hall–Kier alpha value is -2.45. The zero-order valence-electron chi connectivity index (χ0n) is 16.6. The second-order valence-electron chi connectivity index (χ2n) is 7.38. The van der Waals surface area contributed by atoms with Gasteiger partial charge in [-0.05, 0) is 73.1 Å². The molecule has 150 valence electrons. The van der Waals surface area contributed by atoms with E-state index in [1.54, 1.807) is 12.1 Å². The minimum Gasteiger partial charge on any atom is -0.450 e. The maximum Gasteiger partial charge on any atom is 0.293 e. The third kappa shape index (κ3) is 4.00. The van der Waals surface area contributed by atoms with Gasteiger partial charge in [-0.25, -0.2) is 4.98 Å². The van der Waals surface area contributed by atoms with E-state index in [1.807, 2.05) is 26.0 Å². The lowest BCUT2D eigenvalue weighted by atomic mass is 10.0. The van der Waals surface area contributed by atoms with Gasteiger partial charge in [0, 0.05) is 12.1 Å². The monoisotopic (exact) mass is 427 g/mol. The Morgan fingerprint density at radius 1 is 1.17 bits per heavy atom. The first-order valence-corrected chi connectivity index (χ1v) is 11.0. The van der Waals surface area contributed by atoms with Crippen molar-refractivity contribution in [2.24, 2.45) is 0 Å². The van der Waals surface area contributed by atoms with Crippen molar-refractivity contribution < 1.29 is 14.0 Å². The zero-order chi connectivity index (χ0) is 20.7. The Morgan fingerprint density at radius 2 is 1.97 bits per heavy atom. The van der Waals surface area contributed by atoms with Crippen LogP contribution in [0.5, 0.6) is 0 Å². The van der Waals surface area contributed by atoms with Gasteiger partial charge in [-0.15, -0.1) is 0 Å². The second-order valence-corrected chi connectivity index (χ2v) is 9.36. The molecule has 1 aliphatic heterocycles. The number of imide groups is 1. The van der Waals surface area contributed by atoms with E-state index in [2.05, 4.69) is 35.9 Å². The number of benzene rings is 1. The number of nitrogens with one attached hydrogen (secondary N) is 1. The van der Waals surface area contributed by atoms with E-state index < -0.39 is 0 Å². The van der Waals surface area contributed by atoms with Crippen LogP contribution >= 0.6 is 23.5 Å². The zero-order valence-corrected chi connectivity index (χ0v) is 18.2. The molecule has 0 radical (unpaired) electrons. The van der Waals surface area contributed by atoms with Crippen molar-refractivity contribution in [2.45, 2.75) is 49.9 Å². The molecule has 0 unspecified atom stereocenters. The Morgan fingerprint density at radius 3 is 2.66 bits per heavy atom. The lowest BCUT2D eigenvalue weighted by molar-refractivity contribution is -0.123. The summed E-state index contributed by atoms with van der Waals surface area (Å²) in [5.41, 5.74) is 3.16. The lowest BCUT2D eigenvalue weighted by Crippen LogP contribution is -2.34. The van der Waals surface area contributed by atoms with Gasteiger partial charge in [0.15, 0.2) is 10.2 Å². The molecule has 1 aliphatic rings. The normalized spacial score (nSPS) is 16.3. The van der Waals surface area contributed by atoms with Gasteiger partial charge in [0.1, 0.15) is 5.76 Å². The number of furan rings is 1. The van der Waals surface area contributed by atoms with Gasteiger partial charge in [0.2, 0.25) is 0 Å². The molecule has 6 nitrogen and oxygen atoms in total. The third-order valence-electron chi connectivity index (χ3n) is 4.56. The molecule has 1 aromatic carbocycles. The maximum absolute atomic E-state index is 12.4.